The van der Waals surface area contributed by atoms with Crippen molar-refractivity contribution in [1.29, 1.82) is 0 Å². The molecule has 144 valence electrons. The first-order valence-corrected chi connectivity index (χ1v) is 9.38. The molecular weight excluding hydrogens is 383 g/mol. The molecule has 1 aliphatic rings. The van der Waals surface area contributed by atoms with Gasteiger partial charge in [0.2, 0.25) is 5.91 Å². The minimum atomic E-state index is -0.298. The van der Waals surface area contributed by atoms with Crippen molar-refractivity contribution < 1.29 is 18.4 Å². The lowest BCUT2D eigenvalue weighted by Crippen LogP contribution is -2.36. The molecule has 28 heavy (non-hydrogen) atoms. The number of halogens is 2. The molecular formula is C21H18ClFN2O3. The number of nitrogens with zero attached hydrogens (tertiary/aromatic N) is 2. The number of aromatic nitrogens is 1. The van der Waals surface area contributed by atoms with Gasteiger partial charge >= 0.3 is 0 Å². The van der Waals surface area contributed by atoms with Crippen LogP contribution < -0.4 is 4.74 Å². The van der Waals surface area contributed by atoms with Crippen LogP contribution in [0.4, 0.5) is 4.39 Å². The highest BCUT2D eigenvalue weighted by Crippen LogP contribution is 2.30. The molecule has 0 N–H and O–H groups in total. The maximum Gasteiger partial charge on any atom is 0.226 e. The Hall–Kier alpha value is -2.86. The zero-order valence-corrected chi connectivity index (χ0v) is 15.8. The predicted octanol–water partition coefficient (Wildman–Crippen LogP) is 4.49. The molecule has 1 amide bonds. The lowest BCUT2D eigenvalue weighted by molar-refractivity contribution is -0.132. The second-order valence-corrected chi connectivity index (χ2v) is 6.95. The van der Waals surface area contributed by atoms with E-state index in [1.54, 1.807) is 29.2 Å². The van der Waals surface area contributed by atoms with Gasteiger partial charge in [-0.1, -0.05) is 28.9 Å². The van der Waals surface area contributed by atoms with Gasteiger partial charge in [0.05, 0.1) is 24.6 Å². The monoisotopic (exact) mass is 400 g/mol. The van der Waals surface area contributed by atoms with Crippen LogP contribution in [0.25, 0.3) is 11.3 Å². The number of amides is 1. The Balaban J connectivity index is 1.37. The Morgan fingerprint density at radius 2 is 2.00 bits per heavy atom. The summed E-state index contributed by atoms with van der Waals surface area (Å²) in [5, 5.41) is 4.64. The van der Waals surface area contributed by atoms with Gasteiger partial charge in [-0.2, -0.15) is 0 Å². The van der Waals surface area contributed by atoms with Crippen LogP contribution >= 0.6 is 11.6 Å². The maximum atomic E-state index is 13.1. The van der Waals surface area contributed by atoms with Crippen LogP contribution in [0.1, 0.15) is 17.7 Å². The van der Waals surface area contributed by atoms with Crippen LogP contribution in [-0.2, 0) is 17.8 Å². The van der Waals surface area contributed by atoms with E-state index in [-0.39, 0.29) is 24.8 Å². The van der Waals surface area contributed by atoms with Crippen molar-refractivity contribution in [2.24, 2.45) is 0 Å². The number of benzene rings is 2. The fourth-order valence-electron chi connectivity index (χ4n) is 3.24. The van der Waals surface area contributed by atoms with E-state index in [2.05, 4.69) is 5.16 Å². The second kappa shape index (κ2) is 8.02. The molecule has 0 fully saturated rings. The highest BCUT2D eigenvalue weighted by molar-refractivity contribution is 6.32. The number of ether oxygens (including phenoxy) is 1. The van der Waals surface area contributed by atoms with E-state index >= 15 is 0 Å². The zero-order valence-electron chi connectivity index (χ0n) is 15.0. The molecule has 0 aliphatic carbocycles. The van der Waals surface area contributed by atoms with E-state index in [9.17, 15) is 9.18 Å². The van der Waals surface area contributed by atoms with E-state index < -0.39 is 0 Å². The maximum absolute atomic E-state index is 13.1. The third-order valence-electron chi connectivity index (χ3n) is 4.71. The standard InChI is InChI=1S/C21H18ClFN2O3/c22-17-3-1-2-4-19(17)27-12-10-20(26)25-11-9-16-18(13-25)24-28-21(16)14-5-7-15(23)8-6-14/h1-8H,9-13H2. The average Bonchev–Trinajstić information content (AvgIpc) is 3.13. The molecule has 0 saturated heterocycles. The van der Waals surface area contributed by atoms with Crippen LogP contribution in [0.2, 0.25) is 5.02 Å². The van der Waals surface area contributed by atoms with Crippen LogP contribution in [0.5, 0.6) is 5.75 Å². The van der Waals surface area contributed by atoms with Gasteiger partial charge < -0.3 is 14.2 Å². The van der Waals surface area contributed by atoms with Gasteiger partial charge in [-0.15, -0.1) is 0 Å². The number of hydrogen-bond acceptors (Lipinski definition) is 4. The first kappa shape index (κ1) is 18.5. The lowest BCUT2D eigenvalue weighted by atomic mass is 10.0. The quantitative estimate of drug-likeness (QED) is 0.633. The van der Waals surface area contributed by atoms with Gasteiger partial charge in [-0.25, -0.2) is 4.39 Å². The Morgan fingerprint density at radius 1 is 1.21 bits per heavy atom. The molecule has 0 radical (unpaired) electrons. The zero-order chi connectivity index (χ0) is 19.5. The first-order valence-electron chi connectivity index (χ1n) is 9.00. The largest absolute Gasteiger partial charge is 0.491 e. The van der Waals surface area contributed by atoms with Crippen molar-refractivity contribution in [3.05, 3.63) is 70.6 Å². The number of para-hydroxylation sites is 1. The van der Waals surface area contributed by atoms with E-state index in [0.717, 1.165) is 16.8 Å². The number of fused-ring (bicyclic) bond motifs is 1. The number of rotatable bonds is 5. The molecule has 3 aromatic rings. The Labute approximate surface area is 166 Å². The summed E-state index contributed by atoms with van der Waals surface area (Å²) in [6.07, 6.45) is 0.895. The summed E-state index contributed by atoms with van der Waals surface area (Å²) in [5.41, 5.74) is 2.50. The number of hydrogen-bond donors (Lipinski definition) is 0. The van der Waals surface area contributed by atoms with Crippen LogP contribution in [0, 0.1) is 5.82 Å². The van der Waals surface area contributed by atoms with Crippen molar-refractivity contribution >= 4 is 17.5 Å². The topological polar surface area (TPSA) is 55.6 Å². The SMILES string of the molecule is O=C(CCOc1ccccc1Cl)N1CCc2c(noc2-c2ccc(F)cc2)C1. The highest BCUT2D eigenvalue weighted by atomic mass is 35.5. The van der Waals surface area contributed by atoms with Crippen LogP contribution in [-0.4, -0.2) is 29.1 Å². The Kier molecular flexibility index (Phi) is 5.30. The average molecular weight is 401 g/mol. The number of carbonyl (C=O) groups is 1. The van der Waals surface area contributed by atoms with E-state index in [1.165, 1.54) is 12.1 Å². The van der Waals surface area contributed by atoms with E-state index in [4.69, 9.17) is 20.9 Å². The van der Waals surface area contributed by atoms with E-state index in [0.29, 0.717) is 36.0 Å². The van der Waals surface area contributed by atoms with E-state index in [1.807, 2.05) is 12.1 Å². The first-order chi connectivity index (χ1) is 13.6. The molecule has 2 aromatic carbocycles. The minimum Gasteiger partial charge on any atom is -0.491 e. The molecule has 0 spiro atoms. The summed E-state index contributed by atoms with van der Waals surface area (Å²) in [4.78, 5) is 14.3. The molecule has 5 nitrogen and oxygen atoms in total. The van der Waals surface area contributed by atoms with Crippen molar-refractivity contribution in [3.63, 3.8) is 0 Å². The van der Waals surface area contributed by atoms with Gasteiger partial charge in [-0.3, -0.25) is 4.79 Å². The lowest BCUT2D eigenvalue weighted by Gasteiger charge is -2.26. The van der Waals surface area contributed by atoms with Crippen molar-refractivity contribution in [3.8, 4) is 17.1 Å². The van der Waals surface area contributed by atoms with Gasteiger partial charge in [0.15, 0.2) is 5.76 Å². The van der Waals surface area contributed by atoms with Gasteiger partial charge in [-0.05, 0) is 42.8 Å². The predicted molar refractivity (Wildman–Crippen MR) is 103 cm³/mol. The molecule has 2 heterocycles. The minimum absolute atomic E-state index is 0.0102. The molecule has 4 rings (SSSR count). The molecule has 0 unspecified atom stereocenters. The van der Waals surface area contributed by atoms with Crippen molar-refractivity contribution in [2.45, 2.75) is 19.4 Å². The summed E-state index contributed by atoms with van der Waals surface area (Å²) in [5.74, 6) is 0.902. The summed E-state index contributed by atoms with van der Waals surface area (Å²) in [6, 6.07) is 13.3. The summed E-state index contributed by atoms with van der Waals surface area (Å²) < 4.78 is 24.2. The van der Waals surface area contributed by atoms with Gasteiger partial charge in [0.25, 0.3) is 0 Å². The Bertz CT molecular complexity index is 988. The molecule has 7 heteroatoms. The summed E-state index contributed by atoms with van der Waals surface area (Å²) in [6.45, 7) is 1.23. The van der Waals surface area contributed by atoms with Crippen molar-refractivity contribution in [1.82, 2.24) is 10.1 Å². The fraction of sp³-hybridized carbons (Fsp3) is 0.238. The van der Waals surface area contributed by atoms with Crippen LogP contribution in [0.3, 0.4) is 0 Å². The highest BCUT2D eigenvalue weighted by Gasteiger charge is 2.27. The second-order valence-electron chi connectivity index (χ2n) is 6.54. The third-order valence-corrected chi connectivity index (χ3v) is 5.02. The molecule has 0 saturated carbocycles. The number of carbonyl (C=O) groups excluding carboxylic acids is 1. The molecule has 1 aliphatic heterocycles. The Morgan fingerprint density at radius 3 is 2.79 bits per heavy atom. The fourth-order valence-corrected chi connectivity index (χ4v) is 3.43. The normalized spacial score (nSPS) is 13.3. The van der Waals surface area contributed by atoms with Crippen molar-refractivity contribution in [2.75, 3.05) is 13.2 Å². The molecule has 0 atom stereocenters. The smallest absolute Gasteiger partial charge is 0.226 e. The van der Waals surface area contributed by atoms with Gasteiger partial charge in [0.1, 0.15) is 17.3 Å². The summed E-state index contributed by atoms with van der Waals surface area (Å²) >= 11 is 6.05. The summed E-state index contributed by atoms with van der Waals surface area (Å²) in [7, 11) is 0. The molecule has 0 bridgehead atoms. The molecule has 1 aromatic heterocycles. The van der Waals surface area contributed by atoms with Crippen LogP contribution in [0.15, 0.2) is 53.1 Å². The third kappa shape index (κ3) is 3.87. The van der Waals surface area contributed by atoms with Gasteiger partial charge in [0, 0.05) is 17.7 Å².